The van der Waals surface area contributed by atoms with E-state index in [2.05, 4.69) is 5.32 Å². The van der Waals surface area contributed by atoms with E-state index in [4.69, 9.17) is 0 Å². The van der Waals surface area contributed by atoms with Crippen molar-refractivity contribution in [3.63, 3.8) is 0 Å². The Hall–Kier alpha value is -2.36. The second-order valence-corrected chi connectivity index (χ2v) is 12.5. The molecule has 0 bridgehead atoms. The summed E-state index contributed by atoms with van der Waals surface area (Å²) >= 11 is 1.53. The summed E-state index contributed by atoms with van der Waals surface area (Å²) in [5.74, 6) is -0.520. The van der Waals surface area contributed by atoms with E-state index < -0.39 is 10.0 Å². The molecule has 4 rings (SSSR count). The standard InChI is InChI=1S/C25H31N3O4S2/c1-17-7-8-20(13-18(17)2)26-24(29)16-28-22-15-21(34(31,32)27-11-5-4-6-12-27)9-10-23(22)33-19(3)14-25(28)30/h7-10,13,15,19H,4-6,11-12,14,16H2,1-3H3,(H,26,29). The molecule has 0 aliphatic carbocycles. The molecule has 2 aliphatic heterocycles. The number of hydrogen-bond acceptors (Lipinski definition) is 5. The first kappa shape index (κ1) is 24.8. The van der Waals surface area contributed by atoms with E-state index in [0.717, 1.165) is 35.3 Å². The van der Waals surface area contributed by atoms with Gasteiger partial charge in [-0.25, -0.2) is 8.42 Å². The normalized spacial score (nSPS) is 19.4. The lowest BCUT2D eigenvalue weighted by molar-refractivity contribution is -0.121. The van der Waals surface area contributed by atoms with E-state index in [0.29, 0.717) is 24.5 Å². The fourth-order valence-electron chi connectivity index (χ4n) is 4.31. The lowest BCUT2D eigenvalue weighted by Crippen LogP contribution is -2.39. The Morgan fingerprint density at radius 1 is 1.06 bits per heavy atom. The van der Waals surface area contributed by atoms with Crippen LogP contribution in [0.5, 0.6) is 0 Å². The molecule has 1 atom stereocenters. The van der Waals surface area contributed by atoms with Gasteiger partial charge in [0.1, 0.15) is 6.54 Å². The molecule has 2 aromatic carbocycles. The lowest BCUT2D eigenvalue weighted by atomic mass is 10.1. The number of nitrogens with zero attached hydrogens (tertiary/aromatic N) is 2. The summed E-state index contributed by atoms with van der Waals surface area (Å²) in [7, 11) is -3.66. The summed E-state index contributed by atoms with van der Waals surface area (Å²) in [6, 6.07) is 10.6. The SMILES string of the molecule is Cc1ccc(NC(=O)CN2C(=O)CC(C)Sc3ccc(S(=O)(=O)N4CCCCC4)cc32)cc1C. The minimum atomic E-state index is -3.66. The van der Waals surface area contributed by atoms with Gasteiger partial charge in [0.05, 0.1) is 10.6 Å². The van der Waals surface area contributed by atoms with Gasteiger partial charge in [-0.1, -0.05) is 19.4 Å². The largest absolute Gasteiger partial charge is 0.325 e. The smallest absolute Gasteiger partial charge is 0.244 e. The molecule has 9 heteroatoms. The second kappa shape index (κ2) is 10.1. The summed E-state index contributed by atoms with van der Waals surface area (Å²) in [6.45, 7) is 6.77. The fraction of sp³-hybridized carbons (Fsp3) is 0.440. The molecule has 7 nitrogen and oxygen atoms in total. The predicted octanol–water partition coefficient (Wildman–Crippen LogP) is 4.33. The lowest BCUT2D eigenvalue weighted by Gasteiger charge is -2.27. The molecule has 1 unspecified atom stereocenters. The Balaban J connectivity index is 1.64. The van der Waals surface area contributed by atoms with Gasteiger partial charge < -0.3 is 10.2 Å². The molecule has 0 spiro atoms. The van der Waals surface area contributed by atoms with E-state index in [1.807, 2.05) is 39.0 Å². The third-order valence-electron chi connectivity index (χ3n) is 6.36. The van der Waals surface area contributed by atoms with Gasteiger partial charge in [-0.3, -0.25) is 9.59 Å². The summed E-state index contributed by atoms with van der Waals surface area (Å²) in [5, 5.41) is 2.89. The molecule has 0 aromatic heterocycles. The zero-order valence-electron chi connectivity index (χ0n) is 19.8. The number of carbonyl (C=O) groups is 2. The molecule has 2 amide bonds. The van der Waals surface area contributed by atoms with Gasteiger partial charge in [-0.2, -0.15) is 4.31 Å². The van der Waals surface area contributed by atoms with Crippen molar-refractivity contribution in [3.05, 3.63) is 47.5 Å². The van der Waals surface area contributed by atoms with Crippen molar-refractivity contribution in [1.29, 1.82) is 0 Å². The molecule has 182 valence electrons. The molecule has 2 aliphatic rings. The van der Waals surface area contributed by atoms with E-state index in [9.17, 15) is 18.0 Å². The summed E-state index contributed by atoms with van der Waals surface area (Å²) in [6.07, 6.45) is 2.99. The highest BCUT2D eigenvalue weighted by atomic mass is 32.2. The van der Waals surface area contributed by atoms with Crippen LogP contribution in [-0.2, 0) is 19.6 Å². The van der Waals surface area contributed by atoms with Crippen molar-refractivity contribution in [2.45, 2.75) is 61.5 Å². The Labute approximate surface area is 205 Å². The van der Waals surface area contributed by atoms with E-state index >= 15 is 0 Å². The Morgan fingerprint density at radius 3 is 2.50 bits per heavy atom. The van der Waals surface area contributed by atoms with Crippen molar-refractivity contribution >= 4 is 45.0 Å². The predicted molar refractivity (Wildman–Crippen MR) is 136 cm³/mol. The number of rotatable bonds is 5. The Bertz CT molecular complexity index is 1210. The number of benzene rings is 2. The minimum Gasteiger partial charge on any atom is -0.325 e. The summed E-state index contributed by atoms with van der Waals surface area (Å²) in [5.41, 5.74) is 3.34. The number of piperidine rings is 1. The molecule has 2 aromatic rings. The van der Waals surface area contributed by atoms with Crippen LogP contribution in [0.2, 0.25) is 0 Å². The highest BCUT2D eigenvalue weighted by Gasteiger charge is 2.31. The van der Waals surface area contributed by atoms with Crippen LogP contribution >= 0.6 is 11.8 Å². The van der Waals surface area contributed by atoms with Gasteiger partial charge in [0.2, 0.25) is 21.8 Å². The third-order valence-corrected chi connectivity index (χ3v) is 9.42. The van der Waals surface area contributed by atoms with E-state index in [-0.39, 0.29) is 34.9 Å². The Morgan fingerprint density at radius 2 is 1.79 bits per heavy atom. The maximum Gasteiger partial charge on any atom is 0.244 e. The molecule has 1 saturated heterocycles. The van der Waals surface area contributed by atoms with Gasteiger partial charge in [0.15, 0.2) is 0 Å². The van der Waals surface area contributed by atoms with Gasteiger partial charge in [0.25, 0.3) is 0 Å². The summed E-state index contributed by atoms with van der Waals surface area (Å²) in [4.78, 5) is 28.4. The molecule has 0 radical (unpaired) electrons. The second-order valence-electron chi connectivity index (χ2n) is 9.05. The van der Waals surface area contributed by atoms with Crippen molar-refractivity contribution < 1.29 is 18.0 Å². The fourth-order valence-corrected chi connectivity index (χ4v) is 6.94. The van der Waals surface area contributed by atoms with Crippen LogP contribution in [0.25, 0.3) is 0 Å². The number of carbonyl (C=O) groups excluding carboxylic acids is 2. The highest BCUT2D eigenvalue weighted by molar-refractivity contribution is 8.00. The van der Waals surface area contributed by atoms with Crippen LogP contribution in [0.4, 0.5) is 11.4 Å². The number of anilines is 2. The van der Waals surface area contributed by atoms with Gasteiger partial charge in [-0.05, 0) is 68.1 Å². The van der Waals surface area contributed by atoms with Gasteiger partial charge in [-0.15, -0.1) is 11.8 Å². The number of fused-ring (bicyclic) bond motifs is 1. The molecular weight excluding hydrogens is 470 g/mol. The molecule has 0 saturated carbocycles. The quantitative estimate of drug-likeness (QED) is 0.659. The van der Waals surface area contributed by atoms with Crippen LogP contribution in [0, 0.1) is 13.8 Å². The molecule has 34 heavy (non-hydrogen) atoms. The zero-order chi connectivity index (χ0) is 24.5. The number of nitrogens with one attached hydrogen (secondary N) is 1. The number of thioether (sulfide) groups is 1. The van der Waals surface area contributed by atoms with Crippen LogP contribution < -0.4 is 10.2 Å². The molecular formula is C25H31N3O4S2. The highest BCUT2D eigenvalue weighted by Crippen LogP contribution is 2.39. The maximum absolute atomic E-state index is 13.3. The monoisotopic (exact) mass is 501 g/mol. The van der Waals surface area contributed by atoms with E-state index in [1.54, 1.807) is 18.2 Å². The molecule has 2 heterocycles. The zero-order valence-corrected chi connectivity index (χ0v) is 21.5. The molecule has 1 N–H and O–H groups in total. The number of hydrogen-bond donors (Lipinski definition) is 1. The summed E-state index contributed by atoms with van der Waals surface area (Å²) < 4.78 is 28.1. The number of aryl methyl sites for hydroxylation is 2. The van der Waals surface area contributed by atoms with Crippen molar-refractivity contribution in [2.24, 2.45) is 0 Å². The van der Waals surface area contributed by atoms with Crippen molar-refractivity contribution in [3.8, 4) is 0 Å². The topological polar surface area (TPSA) is 86.8 Å². The number of amides is 2. The van der Waals surface area contributed by atoms with Crippen molar-refractivity contribution in [2.75, 3.05) is 29.9 Å². The maximum atomic E-state index is 13.3. The average Bonchev–Trinajstić information content (AvgIpc) is 2.91. The van der Waals surface area contributed by atoms with Crippen LogP contribution in [0.1, 0.15) is 43.7 Å². The minimum absolute atomic E-state index is 0.0172. The van der Waals surface area contributed by atoms with Crippen LogP contribution in [0.3, 0.4) is 0 Å². The Kier molecular flexibility index (Phi) is 7.35. The van der Waals surface area contributed by atoms with E-state index in [1.165, 1.54) is 21.0 Å². The van der Waals surface area contributed by atoms with Gasteiger partial charge in [0, 0.05) is 35.3 Å². The molecule has 1 fully saturated rings. The van der Waals surface area contributed by atoms with Crippen LogP contribution in [-0.4, -0.2) is 49.4 Å². The number of sulfonamides is 1. The van der Waals surface area contributed by atoms with Crippen LogP contribution in [0.15, 0.2) is 46.2 Å². The van der Waals surface area contributed by atoms with Gasteiger partial charge >= 0.3 is 0 Å². The van der Waals surface area contributed by atoms with Crippen molar-refractivity contribution in [1.82, 2.24) is 4.31 Å². The first-order chi connectivity index (χ1) is 16.1. The first-order valence-corrected chi connectivity index (χ1v) is 14.0. The first-order valence-electron chi connectivity index (χ1n) is 11.6. The average molecular weight is 502 g/mol. The third kappa shape index (κ3) is 5.31.